The molecule has 1 amide bonds. The molecule has 1 N–H and O–H groups in total. The van der Waals surface area contributed by atoms with Crippen LogP contribution in [-0.4, -0.2) is 30.6 Å². The summed E-state index contributed by atoms with van der Waals surface area (Å²) in [7, 11) is -3.55. The highest BCUT2D eigenvalue weighted by molar-refractivity contribution is 7.90. The number of nitrogens with one attached hydrogen (secondary N) is 1. The van der Waals surface area contributed by atoms with Crippen LogP contribution in [0.2, 0.25) is 10.0 Å². The summed E-state index contributed by atoms with van der Waals surface area (Å²) in [5.41, 5.74) is 0. The second-order valence-corrected chi connectivity index (χ2v) is 9.79. The predicted octanol–water partition coefficient (Wildman–Crippen LogP) is 4.22. The predicted molar refractivity (Wildman–Crippen MR) is 112 cm³/mol. The van der Waals surface area contributed by atoms with Gasteiger partial charge in [0.1, 0.15) is 16.5 Å². The van der Waals surface area contributed by atoms with Crippen molar-refractivity contribution in [3.63, 3.8) is 0 Å². The Morgan fingerprint density at radius 2 is 1.90 bits per heavy atom. The normalized spacial score (nSPS) is 12.4. The first-order chi connectivity index (χ1) is 13.7. The summed E-state index contributed by atoms with van der Waals surface area (Å²) in [6, 6.07) is 12.7. The molecule has 0 aliphatic rings. The van der Waals surface area contributed by atoms with Crippen molar-refractivity contribution in [1.29, 1.82) is 0 Å². The highest BCUT2D eigenvalue weighted by atomic mass is 35.5. The fourth-order valence-electron chi connectivity index (χ4n) is 2.26. The summed E-state index contributed by atoms with van der Waals surface area (Å²) >= 11 is 12.8. The number of rotatable bonds is 7. The largest absolute Gasteiger partial charge is 0.479 e. The van der Waals surface area contributed by atoms with Crippen LogP contribution >= 0.6 is 34.5 Å². The summed E-state index contributed by atoms with van der Waals surface area (Å²) in [5.74, 6) is -0.480. The molecule has 0 aliphatic carbocycles. The van der Waals surface area contributed by atoms with Crippen molar-refractivity contribution in [2.24, 2.45) is 0 Å². The van der Waals surface area contributed by atoms with E-state index in [2.05, 4.69) is 15.5 Å². The highest BCUT2D eigenvalue weighted by Crippen LogP contribution is 2.28. The number of carbonyl (C=O) groups excluding carboxylic acids is 1. The zero-order chi connectivity index (χ0) is 21.0. The van der Waals surface area contributed by atoms with Gasteiger partial charge in [-0.2, -0.15) is 0 Å². The van der Waals surface area contributed by atoms with Crippen molar-refractivity contribution in [1.82, 2.24) is 10.2 Å². The molecule has 1 aromatic heterocycles. The number of ether oxygens (including phenoxy) is 1. The number of amides is 1. The average Bonchev–Trinajstić information content (AvgIpc) is 3.10. The van der Waals surface area contributed by atoms with Gasteiger partial charge in [-0.3, -0.25) is 10.1 Å². The second kappa shape index (κ2) is 9.08. The first-order valence-electron chi connectivity index (χ1n) is 8.27. The molecule has 3 rings (SSSR count). The van der Waals surface area contributed by atoms with Crippen LogP contribution in [0.15, 0.2) is 53.4 Å². The van der Waals surface area contributed by atoms with Crippen molar-refractivity contribution >= 4 is 55.4 Å². The number of halogens is 2. The second-order valence-electron chi connectivity index (χ2n) is 5.90. The molecule has 11 heteroatoms. The maximum atomic E-state index is 12.4. The quantitative estimate of drug-likeness (QED) is 0.553. The smallest absolute Gasteiger partial charge is 0.266 e. The van der Waals surface area contributed by atoms with Crippen LogP contribution in [0.25, 0.3) is 0 Å². The number of carbonyl (C=O) groups is 1. The number of sulfone groups is 1. The fraction of sp³-hybridized carbons (Fsp3) is 0.167. The summed E-state index contributed by atoms with van der Waals surface area (Å²) in [4.78, 5) is 12.5. The van der Waals surface area contributed by atoms with Crippen LogP contribution in [0.5, 0.6) is 5.75 Å². The van der Waals surface area contributed by atoms with E-state index in [1.54, 1.807) is 37.3 Å². The van der Waals surface area contributed by atoms with Crippen LogP contribution in [0.4, 0.5) is 5.13 Å². The van der Waals surface area contributed by atoms with Crippen LogP contribution in [0.1, 0.15) is 11.9 Å². The van der Waals surface area contributed by atoms with Crippen molar-refractivity contribution in [3.05, 3.63) is 63.6 Å². The van der Waals surface area contributed by atoms with E-state index in [4.69, 9.17) is 27.9 Å². The minimum atomic E-state index is -3.55. The Morgan fingerprint density at radius 3 is 2.59 bits per heavy atom. The van der Waals surface area contributed by atoms with Crippen molar-refractivity contribution in [2.75, 3.05) is 5.32 Å². The summed E-state index contributed by atoms with van der Waals surface area (Å²) < 4.78 is 30.4. The van der Waals surface area contributed by atoms with E-state index in [1.165, 1.54) is 18.2 Å². The molecule has 1 atom stereocenters. The van der Waals surface area contributed by atoms with E-state index in [-0.39, 0.29) is 25.8 Å². The zero-order valence-electron chi connectivity index (χ0n) is 15.0. The Kier molecular flexibility index (Phi) is 6.74. The van der Waals surface area contributed by atoms with Gasteiger partial charge in [0.05, 0.1) is 9.92 Å². The first kappa shape index (κ1) is 21.5. The Balaban J connectivity index is 1.62. The van der Waals surface area contributed by atoms with Crippen molar-refractivity contribution < 1.29 is 17.9 Å². The number of nitrogens with zero attached hydrogens (tertiary/aromatic N) is 2. The van der Waals surface area contributed by atoms with Gasteiger partial charge in [0, 0.05) is 5.02 Å². The molecule has 152 valence electrons. The first-order valence-corrected chi connectivity index (χ1v) is 11.5. The lowest BCUT2D eigenvalue weighted by molar-refractivity contribution is -0.122. The van der Waals surface area contributed by atoms with Gasteiger partial charge in [0.15, 0.2) is 15.9 Å². The Bertz CT molecular complexity index is 1120. The van der Waals surface area contributed by atoms with E-state index >= 15 is 0 Å². The van der Waals surface area contributed by atoms with Gasteiger partial charge in [-0.1, -0.05) is 52.7 Å². The molecule has 0 aliphatic heterocycles. The number of aromatic nitrogens is 2. The molecular weight excluding hydrogens is 457 g/mol. The van der Waals surface area contributed by atoms with E-state index in [9.17, 15) is 13.2 Å². The van der Waals surface area contributed by atoms with Crippen LogP contribution in [-0.2, 0) is 20.4 Å². The third kappa shape index (κ3) is 5.66. The molecule has 1 unspecified atom stereocenters. The number of hydrogen-bond acceptors (Lipinski definition) is 7. The molecule has 29 heavy (non-hydrogen) atoms. The molecule has 0 fully saturated rings. The standard InChI is InChI=1S/C18H15Cl2N3O4S2/c1-11(27-15-8-7-12(19)9-14(15)20)17(24)21-18-23-22-16(28-18)10-29(25,26)13-5-3-2-4-6-13/h2-9,11H,10H2,1H3,(H,21,23,24). The van der Waals surface area contributed by atoms with E-state index < -0.39 is 21.8 Å². The summed E-state index contributed by atoms with van der Waals surface area (Å²) in [6.07, 6.45) is -0.880. The number of benzene rings is 2. The molecule has 7 nitrogen and oxygen atoms in total. The zero-order valence-corrected chi connectivity index (χ0v) is 18.1. The summed E-state index contributed by atoms with van der Waals surface area (Å²) in [5, 5.41) is 11.4. The lowest BCUT2D eigenvalue weighted by atomic mass is 10.3. The third-order valence-electron chi connectivity index (χ3n) is 3.68. The lowest BCUT2D eigenvalue weighted by Crippen LogP contribution is -2.30. The molecule has 1 heterocycles. The topological polar surface area (TPSA) is 98.2 Å². The maximum absolute atomic E-state index is 12.4. The van der Waals surface area contributed by atoms with Crippen LogP contribution in [0, 0.1) is 0 Å². The Hall–Kier alpha value is -2.20. The average molecular weight is 472 g/mol. The monoisotopic (exact) mass is 471 g/mol. The van der Waals surface area contributed by atoms with Crippen molar-refractivity contribution in [3.8, 4) is 5.75 Å². The molecular formula is C18H15Cl2N3O4S2. The Labute approximate surface area is 181 Å². The minimum absolute atomic E-state index is 0.172. The number of hydrogen-bond donors (Lipinski definition) is 1. The molecule has 0 bridgehead atoms. The lowest BCUT2D eigenvalue weighted by Gasteiger charge is -2.14. The fourth-order valence-corrected chi connectivity index (χ4v) is 5.07. The van der Waals surface area contributed by atoms with E-state index in [0.717, 1.165) is 11.3 Å². The molecule has 2 aromatic carbocycles. The van der Waals surface area contributed by atoms with E-state index in [0.29, 0.717) is 10.8 Å². The molecule has 0 radical (unpaired) electrons. The van der Waals surface area contributed by atoms with Gasteiger partial charge in [-0.15, -0.1) is 10.2 Å². The van der Waals surface area contributed by atoms with Crippen LogP contribution in [0.3, 0.4) is 0 Å². The van der Waals surface area contributed by atoms with Gasteiger partial charge >= 0.3 is 0 Å². The Morgan fingerprint density at radius 1 is 1.17 bits per heavy atom. The van der Waals surface area contributed by atoms with Crippen molar-refractivity contribution in [2.45, 2.75) is 23.7 Å². The van der Waals surface area contributed by atoms with Gasteiger partial charge in [-0.25, -0.2) is 8.42 Å². The van der Waals surface area contributed by atoms with Gasteiger partial charge in [-0.05, 0) is 37.3 Å². The van der Waals surface area contributed by atoms with Gasteiger partial charge in [0.2, 0.25) is 5.13 Å². The minimum Gasteiger partial charge on any atom is -0.479 e. The molecule has 0 saturated carbocycles. The van der Waals surface area contributed by atoms with E-state index in [1.807, 2.05) is 0 Å². The SMILES string of the molecule is CC(Oc1ccc(Cl)cc1Cl)C(=O)Nc1nnc(CS(=O)(=O)c2ccccc2)s1. The van der Waals surface area contributed by atoms with Gasteiger partial charge in [0.25, 0.3) is 5.91 Å². The van der Waals surface area contributed by atoms with Crippen LogP contribution < -0.4 is 10.1 Å². The molecule has 0 saturated heterocycles. The van der Waals surface area contributed by atoms with Gasteiger partial charge < -0.3 is 4.74 Å². The molecule has 3 aromatic rings. The summed E-state index contributed by atoms with van der Waals surface area (Å²) in [6.45, 7) is 1.54. The maximum Gasteiger partial charge on any atom is 0.266 e. The molecule has 0 spiro atoms. The number of anilines is 1. The third-order valence-corrected chi connectivity index (χ3v) is 6.88. The highest BCUT2D eigenvalue weighted by Gasteiger charge is 2.21.